The van der Waals surface area contributed by atoms with Crippen molar-refractivity contribution in [2.24, 2.45) is 0 Å². The number of hydrogen-bond donors (Lipinski definition) is 1. The predicted molar refractivity (Wildman–Crippen MR) is 109 cm³/mol. The van der Waals surface area contributed by atoms with Gasteiger partial charge < -0.3 is 5.32 Å². The number of halogens is 1. The highest BCUT2D eigenvalue weighted by Gasteiger charge is 2.12. The number of carbonyl (C=O) groups is 1. The second-order valence-corrected chi connectivity index (χ2v) is 8.16. The lowest BCUT2D eigenvalue weighted by atomic mass is 10.3. The summed E-state index contributed by atoms with van der Waals surface area (Å²) in [5.74, 6) is 0.393. The van der Waals surface area contributed by atoms with E-state index in [1.54, 1.807) is 33.4 Å². The molecule has 8 heteroatoms. The number of nitrogens with one attached hydrogen (secondary N) is 1. The maximum Gasteiger partial charge on any atom is 0.231 e. The van der Waals surface area contributed by atoms with Crippen molar-refractivity contribution in [3.05, 3.63) is 69.6 Å². The highest BCUT2D eigenvalue weighted by Crippen LogP contribution is 2.32. The fraction of sp³-hybridized carbons (Fsp3) is 0.0556. The predicted octanol–water partition coefficient (Wildman–Crippen LogP) is 5.00. The Kier molecular flexibility index (Phi) is 4.96. The summed E-state index contributed by atoms with van der Waals surface area (Å²) < 4.78 is 2.77. The molecule has 4 aromatic rings. The van der Waals surface area contributed by atoms with Crippen molar-refractivity contribution in [1.82, 2.24) is 14.8 Å². The average Bonchev–Trinajstić information content (AvgIpc) is 3.37. The van der Waals surface area contributed by atoms with Gasteiger partial charge in [0.05, 0.1) is 22.7 Å². The molecular formula is C18H13BrN4OS2. The number of amides is 1. The first-order chi connectivity index (χ1) is 12.7. The lowest BCUT2D eigenvalue weighted by Crippen LogP contribution is -2.15. The third-order valence-corrected chi connectivity index (χ3v) is 6.30. The van der Waals surface area contributed by atoms with Crippen LogP contribution in [-0.2, 0) is 11.2 Å². The van der Waals surface area contributed by atoms with E-state index < -0.39 is 0 Å². The van der Waals surface area contributed by atoms with Gasteiger partial charge in [0, 0.05) is 27.5 Å². The molecule has 0 fully saturated rings. The lowest BCUT2D eigenvalue weighted by Gasteiger charge is -2.01. The Labute approximate surface area is 166 Å². The maximum absolute atomic E-state index is 12.3. The van der Waals surface area contributed by atoms with Crippen LogP contribution in [0.25, 0.3) is 15.6 Å². The van der Waals surface area contributed by atoms with Gasteiger partial charge in [0.15, 0.2) is 5.82 Å². The summed E-state index contributed by atoms with van der Waals surface area (Å²) >= 11 is 6.62. The van der Waals surface area contributed by atoms with Crippen molar-refractivity contribution in [3.63, 3.8) is 0 Å². The normalized spacial score (nSPS) is 10.8. The molecule has 130 valence electrons. The number of carbonyl (C=O) groups excluding carboxylic acids is 1. The first kappa shape index (κ1) is 17.1. The minimum absolute atomic E-state index is 0.132. The van der Waals surface area contributed by atoms with Gasteiger partial charge in [0.1, 0.15) is 5.01 Å². The fourth-order valence-electron chi connectivity index (χ4n) is 2.39. The van der Waals surface area contributed by atoms with Crippen molar-refractivity contribution < 1.29 is 4.79 Å². The van der Waals surface area contributed by atoms with E-state index in [0.29, 0.717) is 5.82 Å². The Morgan fingerprint density at radius 2 is 2.00 bits per heavy atom. The second-order valence-electron chi connectivity index (χ2n) is 5.48. The molecule has 4 rings (SSSR count). The quantitative estimate of drug-likeness (QED) is 0.470. The first-order valence-electron chi connectivity index (χ1n) is 7.77. The number of aromatic nitrogens is 3. The zero-order chi connectivity index (χ0) is 17.9. The monoisotopic (exact) mass is 444 g/mol. The molecule has 26 heavy (non-hydrogen) atoms. The Hall–Kier alpha value is -2.29. The van der Waals surface area contributed by atoms with E-state index >= 15 is 0 Å². The third kappa shape index (κ3) is 3.92. The van der Waals surface area contributed by atoms with Gasteiger partial charge in [-0.1, -0.05) is 18.2 Å². The largest absolute Gasteiger partial charge is 0.309 e. The second kappa shape index (κ2) is 7.53. The Morgan fingerprint density at radius 1 is 1.15 bits per heavy atom. The number of thiazole rings is 1. The molecule has 1 aromatic carbocycles. The molecule has 0 aliphatic rings. The van der Waals surface area contributed by atoms with E-state index in [1.165, 1.54) is 0 Å². The first-order valence-corrected chi connectivity index (χ1v) is 10.3. The van der Waals surface area contributed by atoms with Gasteiger partial charge in [-0.2, -0.15) is 5.10 Å². The number of benzene rings is 1. The van der Waals surface area contributed by atoms with Crippen LogP contribution in [0.15, 0.2) is 63.9 Å². The molecule has 1 amide bonds. The Balaban J connectivity index is 1.40. The van der Waals surface area contributed by atoms with Crippen molar-refractivity contribution >= 4 is 50.3 Å². The number of rotatable bonds is 5. The molecule has 0 unspecified atom stereocenters. The number of para-hydroxylation sites is 1. The van der Waals surface area contributed by atoms with Crippen LogP contribution in [0.3, 0.4) is 0 Å². The van der Waals surface area contributed by atoms with Crippen molar-refractivity contribution in [1.29, 1.82) is 0 Å². The molecule has 0 bridgehead atoms. The minimum atomic E-state index is -0.132. The lowest BCUT2D eigenvalue weighted by molar-refractivity contribution is -0.115. The molecule has 0 saturated carbocycles. The van der Waals surface area contributed by atoms with Crippen LogP contribution in [-0.4, -0.2) is 20.7 Å². The van der Waals surface area contributed by atoms with Crippen molar-refractivity contribution in [3.8, 4) is 15.6 Å². The maximum atomic E-state index is 12.3. The van der Waals surface area contributed by atoms with Crippen LogP contribution in [0.4, 0.5) is 5.82 Å². The van der Waals surface area contributed by atoms with E-state index in [1.807, 2.05) is 53.4 Å². The smallest absolute Gasteiger partial charge is 0.231 e. The third-order valence-electron chi connectivity index (χ3n) is 3.55. The van der Waals surface area contributed by atoms with Crippen molar-refractivity contribution in [2.75, 3.05) is 5.32 Å². The molecular weight excluding hydrogens is 432 g/mol. The molecule has 0 aliphatic carbocycles. The summed E-state index contributed by atoms with van der Waals surface area (Å²) in [4.78, 5) is 17.9. The summed E-state index contributed by atoms with van der Waals surface area (Å²) in [5.41, 5.74) is 1.70. The van der Waals surface area contributed by atoms with E-state index in [9.17, 15) is 4.79 Å². The number of hydrogen-bond acceptors (Lipinski definition) is 5. The van der Waals surface area contributed by atoms with Crippen LogP contribution >= 0.6 is 38.6 Å². The van der Waals surface area contributed by atoms with Gasteiger partial charge in [-0.05, 0) is 34.1 Å². The fourth-order valence-corrected chi connectivity index (χ4v) is 4.72. The van der Waals surface area contributed by atoms with E-state index in [-0.39, 0.29) is 12.3 Å². The zero-order valence-electron chi connectivity index (χ0n) is 13.4. The van der Waals surface area contributed by atoms with Crippen molar-refractivity contribution in [2.45, 2.75) is 6.42 Å². The van der Waals surface area contributed by atoms with Gasteiger partial charge in [-0.15, -0.1) is 22.7 Å². The molecule has 0 saturated heterocycles. The molecule has 3 aromatic heterocycles. The minimum Gasteiger partial charge on any atom is -0.309 e. The van der Waals surface area contributed by atoms with Gasteiger partial charge in [0.2, 0.25) is 5.91 Å². The van der Waals surface area contributed by atoms with Crippen LogP contribution in [0, 0.1) is 0 Å². The van der Waals surface area contributed by atoms with Crippen LogP contribution in [0.2, 0.25) is 0 Å². The molecule has 0 atom stereocenters. The number of anilines is 1. The molecule has 0 aliphatic heterocycles. The van der Waals surface area contributed by atoms with Gasteiger partial charge >= 0.3 is 0 Å². The standard InChI is InChI=1S/C18H13BrN4OS2/c19-12-8-15(25-10-12)18-20-13(11-26-18)9-17(24)21-16-6-7-23(22-16)14-4-2-1-3-5-14/h1-8,10-11H,9H2,(H,21,22,24). The van der Waals surface area contributed by atoms with Crippen LogP contribution in [0.1, 0.15) is 5.69 Å². The zero-order valence-corrected chi connectivity index (χ0v) is 16.6. The van der Waals surface area contributed by atoms with E-state index in [4.69, 9.17) is 0 Å². The Bertz CT molecular complexity index is 1040. The number of thiophene rings is 1. The molecule has 3 heterocycles. The molecule has 1 N–H and O–H groups in total. The van der Waals surface area contributed by atoms with Crippen LogP contribution < -0.4 is 5.32 Å². The topological polar surface area (TPSA) is 59.8 Å². The highest BCUT2D eigenvalue weighted by atomic mass is 79.9. The summed E-state index contributed by atoms with van der Waals surface area (Å²) in [7, 11) is 0. The Morgan fingerprint density at radius 3 is 2.77 bits per heavy atom. The van der Waals surface area contributed by atoms with Gasteiger partial charge in [0.25, 0.3) is 0 Å². The number of nitrogens with zero attached hydrogens (tertiary/aromatic N) is 3. The van der Waals surface area contributed by atoms with E-state index in [2.05, 4.69) is 31.3 Å². The molecule has 0 spiro atoms. The average molecular weight is 445 g/mol. The molecule has 5 nitrogen and oxygen atoms in total. The van der Waals surface area contributed by atoms with Gasteiger partial charge in [-0.25, -0.2) is 9.67 Å². The summed E-state index contributed by atoms with van der Waals surface area (Å²) in [5, 5.41) is 12.1. The van der Waals surface area contributed by atoms with Gasteiger partial charge in [-0.3, -0.25) is 4.79 Å². The van der Waals surface area contributed by atoms with Crippen LogP contribution in [0.5, 0.6) is 0 Å². The summed E-state index contributed by atoms with van der Waals surface area (Å²) in [6, 6.07) is 13.6. The van der Waals surface area contributed by atoms with E-state index in [0.717, 1.165) is 25.7 Å². The highest BCUT2D eigenvalue weighted by molar-refractivity contribution is 9.10. The summed E-state index contributed by atoms with van der Waals surface area (Å²) in [6.07, 6.45) is 2.04. The SMILES string of the molecule is O=C(Cc1csc(-c2cc(Br)cs2)n1)Nc1ccn(-c2ccccc2)n1. The summed E-state index contributed by atoms with van der Waals surface area (Å²) in [6.45, 7) is 0. The molecule has 0 radical (unpaired) electrons.